The number of ether oxygens (including phenoxy) is 1. The minimum atomic E-state index is 0.208. The van der Waals surface area contributed by atoms with E-state index in [1.165, 1.54) is 32.4 Å². The molecule has 2 aliphatic heterocycles. The highest BCUT2D eigenvalue weighted by molar-refractivity contribution is 4.97. The molecule has 0 radical (unpaired) electrons. The lowest BCUT2D eigenvalue weighted by atomic mass is 9.83. The number of rotatable bonds is 3. The van der Waals surface area contributed by atoms with Crippen LogP contribution in [0.3, 0.4) is 0 Å². The average molecular weight is 268 g/mol. The summed E-state index contributed by atoms with van der Waals surface area (Å²) in [6.45, 7) is 11.1. The molecule has 0 bridgehead atoms. The second-order valence-corrected chi connectivity index (χ2v) is 7.29. The Balaban J connectivity index is 2.07. The summed E-state index contributed by atoms with van der Waals surface area (Å²) in [4.78, 5) is 2.70. The lowest BCUT2D eigenvalue weighted by Crippen LogP contribution is -2.58. The predicted octanol–water partition coefficient (Wildman–Crippen LogP) is 2.79. The molecule has 0 aliphatic carbocycles. The van der Waals surface area contributed by atoms with Crippen LogP contribution in [0.15, 0.2) is 0 Å². The van der Waals surface area contributed by atoms with Gasteiger partial charge in [-0.05, 0) is 57.0 Å². The third kappa shape index (κ3) is 3.50. The normalized spacial score (nSPS) is 36.9. The van der Waals surface area contributed by atoms with E-state index in [0.717, 1.165) is 32.4 Å². The fourth-order valence-electron chi connectivity index (χ4n) is 3.76. The van der Waals surface area contributed by atoms with Crippen molar-refractivity contribution in [3.05, 3.63) is 0 Å². The summed E-state index contributed by atoms with van der Waals surface area (Å²) in [6, 6.07) is 0. The van der Waals surface area contributed by atoms with Crippen molar-refractivity contribution in [3.63, 3.8) is 0 Å². The molecule has 19 heavy (non-hydrogen) atoms. The lowest BCUT2D eigenvalue weighted by Gasteiger charge is -2.48. The van der Waals surface area contributed by atoms with E-state index in [4.69, 9.17) is 10.5 Å². The fourth-order valence-corrected chi connectivity index (χ4v) is 3.76. The van der Waals surface area contributed by atoms with Crippen molar-refractivity contribution in [1.82, 2.24) is 4.90 Å². The molecule has 2 atom stereocenters. The molecule has 2 N–H and O–H groups in total. The van der Waals surface area contributed by atoms with Gasteiger partial charge in [0.15, 0.2) is 0 Å². The van der Waals surface area contributed by atoms with Gasteiger partial charge in [-0.15, -0.1) is 0 Å². The lowest BCUT2D eigenvalue weighted by molar-refractivity contribution is -0.0717. The molecule has 0 aromatic carbocycles. The van der Waals surface area contributed by atoms with E-state index < -0.39 is 0 Å². The van der Waals surface area contributed by atoms with E-state index in [-0.39, 0.29) is 5.54 Å². The minimum absolute atomic E-state index is 0.208. The summed E-state index contributed by atoms with van der Waals surface area (Å²) in [5, 5.41) is 0. The van der Waals surface area contributed by atoms with Crippen LogP contribution in [0.2, 0.25) is 0 Å². The van der Waals surface area contributed by atoms with Crippen LogP contribution in [0.4, 0.5) is 0 Å². The van der Waals surface area contributed by atoms with Crippen LogP contribution >= 0.6 is 0 Å². The van der Waals surface area contributed by atoms with Crippen molar-refractivity contribution in [3.8, 4) is 0 Å². The second-order valence-electron chi connectivity index (χ2n) is 7.29. The highest BCUT2D eigenvalue weighted by atomic mass is 16.5. The first-order valence-corrected chi connectivity index (χ1v) is 8.08. The molecule has 112 valence electrons. The average Bonchev–Trinajstić information content (AvgIpc) is 2.60. The highest BCUT2D eigenvalue weighted by Gasteiger charge is 2.41. The molecule has 2 heterocycles. The molecule has 3 heteroatoms. The summed E-state index contributed by atoms with van der Waals surface area (Å²) >= 11 is 0. The zero-order valence-corrected chi connectivity index (χ0v) is 13.1. The molecule has 0 aromatic heterocycles. The third-order valence-electron chi connectivity index (χ3n) is 5.37. The Hall–Kier alpha value is -0.120. The first kappa shape index (κ1) is 15.3. The molecule has 2 saturated heterocycles. The third-order valence-corrected chi connectivity index (χ3v) is 5.37. The number of likely N-dealkylation sites (tertiary alicyclic amines) is 1. The first-order chi connectivity index (χ1) is 9.01. The summed E-state index contributed by atoms with van der Waals surface area (Å²) < 4.78 is 5.87. The largest absolute Gasteiger partial charge is 0.378 e. The van der Waals surface area contributed by atoms with Gasteiger partial charge in [0, 0.05) is 18.7 Å². The van der Waals surface area contributed by atoms with Crippen LogP contribution in [0.1, 0.15) is 59.3 Å². The molecule has 2 aliphatic rings. The minimum Gasteiger partial charge on any atom is -0.378 e. The van der Waals surface area contributed by atoms with Crippen LogP contribution in [0.5, 0.6) is 0 Å². The highest BCUT2D eigenvalue weighted by Crippen LogP contribution is 2.37. The molecular weight excluding hydrogens is 236 g/mol. The molecule has 2 unspecified atom stereocenters. The number of hydrogen-bond donors (Lipinski definition) is 1. The van der Waals surface area contributed by atoms with Crippen LogP contribution in [0, 0.1) is 5.41 Å². The van der Waals surface area contributed by atoms with Gasteiger partial charge in [-0.2, -0.15) is 0 Å². The van der Waals surface area contributed by atoms with Crippen molar-refractivity contribution in [2.45, 2.75) is 70.9 Å². The van der Waals surface area contributed by atoms with Crippen molar-refractivity contribution < 1.29 is 4.74 Å². The van der Waals surface area contributed by atoms with Crippen LogP contribution in [-0.2, 0) is 4.74 Å². The van der Waals surface area contributed by atoms with Gasteiger partial charge in [0.05, 0.1) is 6.10 Å². The van der Waals surface area contributed by atoms with Crippen LogP contribution in [0.25, 0.3) is 0 Å². The van der Waals surface area contributed by atoms with Gasteiger partial charge in [-0.3, -0.25) is 4.90 Å². The molecule has 2 rings (SSSR count). The zero-order valence-electron chi connectivity index (χ0n) is 13.1. The Morgan fingerprint density at radius 2 is 2.00 bits per heavy atom. The quantitative estimate of drug-likeness (QED) is 0.855. The standard InChI is InChI=1S/C16H32N2O/c1-4-14-12-16(13-17,8-11-19-14)18-9-5-6-15(2,3)7-10-18/h14H,4-13,17H2,1-3H3. The Morgan fingerprint density at radius 1 is 1.21 bits per heavy atom. The maximum Gasteiger partial charge on any atom is 0.0590 e. The van der Waals surface area contributed by atoms with E-state index in [9.17, 15) is 0 Å². The predicted molar refractivity (Wildman–Crippen MR) is 80.3 cm³/mol. The van der Waals surface area contributed by atoms with Crippen molar-refractivity contribution >= 4 is 0 Å². The van der Waals surface area contributed by atoms with E-state index in [2.05, 4.69) is 25.7 Å². The van der Waals surface area contributed by atoms with Crippen molar-refractivity contribution in [2.24, 2.45) is 11.1 Å². The van der Waals surface area contributed by atoms with E-state index in [1.54, 1.807) is 0 Å². The van der Waals surface area contributed by atoms with Gasteiger partial charge in [0.1, 0.15) is 0 Å². The van der Waals surface area contributed by atoms with Crippen molar-refractivity contribution in [2.75, 3.05) is 26.2 Å². The number of nitrogens with zero attached hydrogens (tertiary/aromatic N) is 1. The maximum atomic E-state index is 6.21. The molecule has 2 fully saturated rings. The monoisotopic (exact) mass is 268 g/mol. The SMILES string of the molecule is CCC1CC(CN)(N2CCCC(C)(C)CC2)CCO1. The van der Waals surface area contributed by atoms with E-state index in [0.29, 0.717) is 11.5 Å². The summed E-state index contributed by atoms with van der Waals surface area (Å²) in [6.07, 6.45) is 7.71. The van der Waals surface area contributed by atoms with Crippen molar-refractivity contribution in [1.29, 1.82) is 0 Å². The number of hydrogen-bond acceptors (Lipinski definition) is 3. The Morgan fingerprint density at radius 3 is 2.68 bits per heavy atom. The number of nitrogens with two attached hydrogens (primary N) is 1. The Bertz CT molecular complexity index is 292. The van der Waals surface area contributed by atoms with Gasteiger partial charge < -0.3 is 10.5 Å². The second kappa shape index (κ2) is 6.11. The van der Waals surface area contributed by atoms with Gasteiger partial charge in [-0.1, -0.05) is 20.8 Å². The Kier molecular flexibility index (Phi) is 4.91. The smallest absolute Gasteiger partial charge is 0.0590 e. The first-order valence-electron chi connectivity index (χ1n) is 8.08. The molecule has 0 saturated carbocycles. The van der Waals surface area contributed by atoms with Gasteiger partial charge in [0.25, 0.3) is 0 Å². The van der Waals surface area contributed by atoms with Crippen LogP contribution in [-0.4, -0.2) is 42.8 Å². The molecule has 0 amide bonds. The fraction of sp³-hybridized carbons (Fsp3) is 1.00. The molecule has 3 nitrogen and oxygen atoms in total. The van der Waals surface area contributed by atoms with E-state index >= 15 is 0 Å². The summed E-state index contributed by atoms with van der Waals surface area (Å²) in [5.41, 5.74) is 6.91. The Labute approximate surface area is 118 Å². The summed E-state index contributed by atoms with van der Waals surface area (Å²) in [7, 11) is 0. The van der Waals surface area contributed by atoms with Gasteiger partial charge in [-0.25, -0.2) is 0 Å². The van der Waals surface area contributed by atoms with Gasteiger partial charge in [0.2, 0.25) is 0 Å². The molecule has 0 aromatic rings. The topological polar surface area (TPSA) is 38.5 Å². The van der Waals surface area contributed by atoms with E-state index in [1.807, 2.05) is 0 Å². The maximum absolute atomic E-state index is 6.21. The zero-order chi connectivity index (χ0) is 13.9. The summed E-state index contributed by atoms with van der Waals surface area (Å²) in [5.74, 6) is 0. The molecule has 0 spiro atoms. The van der Waals surface area contributed by atoms with Gasteiger partial charge >= 0.3 is 0 Å². The molecular formula is C16H32N2O. The van der Waals surface area contributed by atoms with Crippen LogP contribution < -0.4 is 5.73 Å².